The highest BCUT2D eigenvalue weighted by atomic mass is 16.6. The third kappa shape index (κ3) is 2.91. The van der Waals surface area contributed by atoms with Gasteiger partial charge >= 0.3 is 5.97 Å². The quantitative estimate of drug-likeness (QED) is 0.349. The topological polar surface area (TPSA) is 84.7 Å². The van der Waals surface area contributed by atoms with Crippen LogP contribution in [0.2, 0.25) is 0 Å². The summed E-state index contributed by atoms with van der Waals surface area (Å²) in [6.07, 6.45) is 0. The lowest BCUT2D eigenvalue weighted by Crippen LogP contribution is -2.46. The Labute approximate surface area is 117 Å². The summed E-state index contributed by atoms with van der Waals surface area (Å²) in [4.78, 5) is 24.4. The Balaban J connectivity index is 2.24. The lowest BCUT2D eigenvalue weighted by atomic mass is 10.1. The zero-order chi connectivity index (χ0) is 14.9. The van der Waals surface area contributed by atoms with E-state index < -0.39 is 23.4 Å². The lowest BCUT2D eigenvalue weighted by molar-refractivity contribution is -0.161. The van der Waals surface area contributed by atoms with E-state index >= 15 is 0 Å². The Hall–Kier alpha value is -2.08. The van der Waals surface area contributed by atoms with Gasteiger partial charge in [0.05, 0.1) is 11.4 Å². The van der Waals surface area contributed by atoms with Crippen LogP contribution in [0, 0.1) is 5.92 Å². The molecule has 20 heavy (non-hydrogen) atoms. The van der Waals surface area contributed by atoms with Crippen molar-refractivity contribution in [1.29, 1.82) is 0 Å². The number of nitrogens with one attached hydrogen (secondary N) is 1. The molecule has 108 valence electrons. The minimum atomic E-state index is -0.952. The molecule has 6 heteroatoms. The van der Waals surface area contributed by atoms with E-state index in [1.165, 1.54) is 0 Å². The van der Waals surface area contributed by atoms with Crippen molar-refractivity contribution in [3.63, 3.8) is 0 Å². The number of anilines is 2. The second-order valence-electron chi connectivity index (χ2n) is 5.69. The molecular formula is C14H19N3O3. The molecule has 1 aromatic rings. The van der Waals surface area contributed by atoms with Gasteiger partial charge in [-0.1, -0.05) is 12.1 Å². The van der Waals surface area contributed by atoms with Gasteiger partial charge in [0.15, 0.2) is 5.92 Å². The van der Waals surface area contributed by atoms with E-state index in [1.807, 2.05) is 6.07 Å². The number of fused-ring (bicyclic) bond motifs is 1. The SMILES string of the molecule is CC(C)(C)OC(=O)C1CNc2ccccc2N(N)C1=O. The number of benzene rings is 1. The molecule has 0 aromatic heterocycles. The molecule has 6 nitrogen and oxygen atoms in total. The van der Waals surface area contributed by atoms with Crippen LogP contribution in [0.4, 0.5) is 11.4 Å². The molecule has 0 saturated carbocycles. The Bertz CT molecular complexity index is 537. The fourth-order valence-corrected chi connectivity index (χ4v) is 1.98. The molecule has 3 N–H and O–H groups in total. The van der Waals surface area contributed by atoms with Gasteiger partial charge in [0.1, 0.15) is 5.60 Å². The van der Waals surface area contributed by atoms with Crippen LogP contribution in [0.5, 0.6) is 0 Å². The van der Waals surface area contributed by atoms with Crippen LogP contribution in [0.15, 0.2) is 24.3 Å². The number of rotatable bonds is 1. The summed E-state index contributed by atoms with van der Waals surface area (Å²) in [5.41, 5.74) is 0.619. The van der Waals surface area contributed by atoms with Gasteiger partial charge in [-0.25, -0.2) is 10.9 Å². The molecule has 0 fully saturated rings. The van der Waals surface area contributed by atoms with Gasteiger partial charge < -0.3 is 10.1 Å². The maximum Gasteiger partial charge on any atom is 0.320 e. The predicted molar refractivity (Wildman–Crippen MR) is 75.9 cm³/mol. The highest BCUT2D eigenvalue weighted by Gasteiger charge is 2.36. The molecular weight excluding hydrogens is 258 g/mol. The zero-order valence-electron chi connectivity index (χ0n) is 11.8. The van der Waals surface area contributed by atoms with Crippen LogP contribution in [0.25, 0.3) is 0 Å². The zero-order valence-corrected chi connectivity index (χ0v) is 11.8. The Kier molecular flexibility index (Phi) is 3.67. The summed E-state index contributed by atoms with van der Waals surface area (Å²) in [5.74, 6) is 3.82. The first-order valence-electron chi connectivity index (χ1n) is 6.44. The summed E-state index contributed by atoms with van der Waals surface area (Å²) >= 11 is 0. The van der Waals surface area contributed by atoms with Gasteiger partial charge in [-0.05, 0) is 32.9 Å². The van der Waals surface area contributed by atoms with E-state index in [0.29, 0.717) is 5.69 Å². The molecule has 0 bridgehead atoms. The van der Waals surface area contributed by atoms with Crippen LogP contribution >= 0.6 is 0 Å². The normalized spacial score (nSPS) is 18.9. The fourth-order valence-electron chi connectivity index (χ4n) is 1.98. The molecule has 0 aliphatic carbocycles. The molecule has 1 heterocycles. The minimum absolute atomic E-state index is 0.165. The molecule has 0 saturated heterocycles. The summed E-state index contributed by atoms with van der Waals surface area (Å²) in [6, 6.07) is 7.14. The van der Waals surface area contributed by atoms with Gasteiger partial charge in [0, 0.05) is 6.54 Å². The third-order valence-electron chi connectivity index (χ3n) is 2.89. The molecule has 0 radical (unpaired) electrons. The van der Waals surface area contributed by atoms with Crippen molar-refractivity contribution in [1.82, 2.24) is 0 Å². The standard InChI is InChI=1S/C14H19N3O3/c1-14(2,3)20-13(19)9-8-16-10-6-4-5-7-11(10)17(15)12(9)18/h4-7,9,16H,8,15H2,1-3H3. The number of hydrazine groups is 1. The van der Waals surface area contributed by atoms with Crippen molar-refractivity contribution < 1.29 is 14.3 Å². The van der Waals surface area contributed by atoms with Crippen molar-refractivity contribution in [2.45, 2.75) is 26.4 Å². The highest BCUT2D eigenvalue weighted by molar-refractivity contribution is 6.08. The molecule has 1 unspecified atom stereocenters. The molecule has 1 aliphatic heterocycles. The summed E-state index contributed by atoms with van der Waals surface area (Å²) < 4.78 is 5.27. The van der Waals surface area contributed by atoms with Crippen LogP contribution in [-0.2, 0) is 14.3 Å². The Morgan fingerprint density at radius 3 is 2.70 bits per heavy atom. The van der Waals surface area contributed by atoms with Gasteiger partial charge in [0.25, 0.3) is 5.91 Å². The van der Waals surface area contributed by atoms with E-state index in [4.69, 9.17) is 10.6 Å². The van der Waals surface area contributed by atoms with Crippen LogP contribution < -0.4 is 16.2 Å². The van der Waals surface area contributed by atoms with Crippen molar-refractivity contribution in [2.24, 2.45) is 11.8 Å². The maximum absolute atomic E-state index is 12.3. The fraction of sp³-hybridized carbons (Fsp3) is 0.429. The van der Waals surface area contributed by atoms with E-state index in [-0.39, 0.29) is 6.54 Å². The Morgan fingerprint density at radius 1 is 1.40 bits per heavy atom. The van der Waals surface area contributed by atoms with Crippen molar-refractivity contribution >= 4 is 23.3 Å². The highest BCUT2D eigenvalue weighted by Crippen LogP contribution is 2.28. The third-order valence-corrected chi connectivity index (χ3v) is 2.89. The second-order valence-corrected chi connectivity index (χ2v) is 5.69. The largest absolute Gasteiger partial charge is 0.459 e. The first-order valence-corrected chi connectivity index (χ1v) is 6.44. The number of hydrogen-bond acceptors (Lipinski definition) is 5. The molecule has 2 rings (SSSR count). The monoisotopic (exact) mass is 277 g/mol. The number of esters is 1. The smallest absolute Gasteiger partial charge is 0.320 e. The molecule has 1 aliphatic rings. The first-order chi connectivity index (χ1) is 9.29. The summed E-state index contributed by atoms with van der Waals surface area (Å²) in [5, 5.41) is 4.06. The van der Waals surface area contributed by atoms with Gasteiger partial charge in [-0.15, -0.1) is 0 Å². The summed E-state index contributed by atoms with van der Waals surface area (Å²) in [7, 11) is 0. The predicted octanol–water partition coefficient (Wildman–Crippen LogP) is 1.28. The van der Waals surface area contributed by atoms with Crippen molar-refractivity contribution in [3.8, 4) is 0 Å². The van der Waals surface area contributed by atoms with Crippen LogP contribution in [0.3, 0.4) is 0 Å². The molecule has 1 aromatic carbocycles. The number of nitrogens with zero attached hydrogens (tertiary/aromatic N) is 1. The average Bonchev–Trinajstić information content (AvgIpc) is 2.47. The van der Waals surface area contributed by atoms with Crippen molar-refractivity contribution in [3.05, 3.63) is 24.3 Å². The van der Waals surface area contributed by atoms with E-state index in [2.05, 4.69) is 5.32 Å². The van der Waals surface area contributed by atoms with E-state index in [0.717, 1.165) is 10.7 Å². The minimum Gasteiger partial charge on any atom is -0.459 e. The van der Waals surface area contributed by atoms with E-state index in [9.17, 15) is 9.59 Å². The Morgan fingerprint density at radius 2 is 2.05 bits per heavy atom. The number of nitrogens with two attached hydrogens (primary N) is 1. The van der Waals surface area contributed by atoms with Gasteiger partial charge in [0.2, 0.25) is 0 Å². The molecule has 1 atom stereocenters. The average molecular weight is 277 g/mol. The lowest BCUT2D eigenvalue weighted by Gasteiger charge is -2.24. The summed E-state index contributed by atoms with van der Waals surface area (Å²) in [6.45, 7) is 5.44. The number of amides is 1. The molecule has 0 spiro atoms. The maximum atomic E-state index is 12.3. The number of carbonyl (C=O) groups is 2. The van der Waals surface area contributed by atoms with Gasteiger partial charge in [-0.2, -0.15) is 0 Å². The van der Waals surface area contributed by atoms with Crippen LogP contribution in [0.1, 0.15) is 20.8 Å². The number of hydrogen-bond donors (Lipinski definition) is 2. The molecule has 1 amide bonds. The number of carbonyl (C=O) groups excluding carboxylic acids is 2. The number of ether oxygens (including phenoxy) is 1. The van der Waals surface area contributed by atoms with Crippen LogP contribution in [-0.4, -0.2) is 24.0 Å². The van der Waals surface area contributed by atoms with Crippen molar-refractivity contribution in [2.75, 3.05) is 16.9 Å². The van der Waals surface area contributed by atoms with Gasteiger partial charge in [-0.3, -0.25) is 9.59 Å². The van der Waals surface area contributed by atoms with E-state index in [1.54, 1.807) is 39.0 Å². The second kappa shape index (κ2) is 5.13. The first kappa shape index (κ1) is 14.3. The number of para-hydroxylation sites is 2.